The Morgan fingerprint density at radius 3 is 3.00 bits per heavy atom. The average molecular weight is 283 g/mol. The Labute approximate surface area is 115 Å². The SMILES string of the molecule is CCc1nnsc1C(=O)N1CCC(CCC(=O)O)C1. The first-order chi connectivity index (χ1) is 9.11. The zero-order valence-electron chi connectivity index (χ0n) is 10.8. The van der Waals surface area contributed by atoms with Crippen LogP contribution in [-0.4, -0.2) is 44.6 Å². The number of rotatable bonds is 5. The maximum absolute atomic E-state index is 12.3. The van der Waals surface area contributed by atoms with E-state index >= 15 is 0 Å². The molecule has 0 aliphatic carbocycles. The van der Waals surface area contributed by atoms with Gasteiger partial charge >= 0.3 is 5.97 Å². The van der Waals surface area contributed by atoms with E-state index in [-0.39, 0.29) is 12.3 Å². The van der Waals surface area contributed by atoms with Gasteiger partial charge in [0.2, 0.25) is 0 Å². The van der Waals surface area contributed by atoms with E-state index in [0.29, 0.717) is 36.7 Å². The van der Waals surface area contributed by atoms with E-state index in [9.17, 15) is 9.59 Å². The van der Waals surface area contributed by atoms with Crippen molar-refractivity contribution < 1.29 is 14.7 Å². The number of nitrogens with zero attached hydrogens (tertiary/aromatic N) is 3. The quantitative estimate of drug-likeness (QED) is 0.883. The lowest BCUT2D eigenvalue weighted by atomic mass is 10.0. The Morgan fingerprint density at radius 2 is 2.32 bits per heavy atom. The van der Waals surface area contributed by atoms with Gasteiger partial charge in [-0.15, -0.1) is 5.10 Å². The summed E-state index contributed by atoms with van der Waals surface area (Å²) in [7, 11) is 0. The number of carboxylic acids is 1. The van der Waals surface area contributed by atoms with Crippen LogP contribution in [0.1, 0.15) is 41.6 Å². The first kappa shape index (κ1) is 13.9. The summed E-state index contributed by atoms with van der Waals surface area (Å²) < 4.78 is 3.83. The molecule has 1 aliphatic heterocycles. The Hall–Kier alpha value is -1.50. The van der Waals surface area contributed by atoms with E-state index in [1.165, 1.54) is 0 Å². The lowest BCUT2D eigenvalue weighted by Crippen LogP contribution is -2.28. The summed E-state index contributed by atoms with van der Waals surface area (Å²) in [6.07, 6.45) is 2.40. The van der Waals surface area contributed by atoms with Gasteiger partial charge in [0.1, 0.15) is 4.88 Å². The number of hydrogen-bond acceptors (Lipinski definition) is 5. The molecule has 6 nitrogen and oxygen atoms in total. The van der Waals surface area contributed by atoms with Gasteiger partial charge < -0.3 is 10.0 Å². The molecule has 7 heteroatoms. The molecule has 1 aromatic heterocycles. The summed E-state index contributed by atoms with van der Waals surface area (Å²) in [4.78, 5) is 25.3. The molecule has 0 bridgehead atoms. The number of aliphatic carboxylic acids is 1. The van der Waals surface area contributed by atoms with E-state index < -0.39 is 5.97 Å². The molecule has 0 radical (unpaired) electrons. The molecule has 1 aromatic rings. The number of amides is 1. The second-order valence-corrected chi connectivity index (χ2v) is 5.49. The Balaban J connectivity index is 1.93. The number of aromatic nitrogens is 2. The zero-order chi connectivity index (χ0) is 13.8. The van der Waals surface area contributed by atoms with Gasteiger partial charge in [0, 0.05) is 19.5 Å². The highest BCUT2D eigenvalue weighted by Gasteiger charge is 2.29. The summed E-state index contributed by atoms with van der Waals surface area (Å²) in [6, 6.07) is 0. The lowest BCUT2D eigenvalue weighted by Gasteiger charge is -2.15. The smallest absolute Gasteiger partial charge is 0.303 e. The summed E-state index contributed by atoms with van der Waals surface area (Å²) in [6.45, 7) is 3.30. The Kier molecular flexibility index (Phi) is 4.47. The monoisotopic (exact) mass is 283 g/mol. The standard InChI is InChI=1S/C12H17N3O3S/c1-2-9-11(19-14-13-9)12(18)15-6-5-8(7-15)3-4-10(16)17/h8H,2-7H2,1H3,(H,16,17). The highest BCUT2D eigenvalue weighted by Crippen LogP contribution is 2.24. The molecule has 0 aromatic carbocycles. The van der Waals surface area contributed by atoms with E-state index in [4.69, 9.17) is 5.11 Å². The van der Waals surface area contributed by atoms with E-state index in [1.807, 2.05) is 6.92 Å². The van der Waals surface area contributed by atoms with Crippen molar-refractivity contribution in [2.75, 3.05) is 13.1 Å². The first-order valence-electron chi connectivity index (χ1n) is 6.44. The third kappa shape index (κ3) is 3.28. The predicted octanol–water partition coefficient (Wildman–Crippen LogP) is 1.43. The molecule has 2 heterocycles. The molecule has 1 saturated heterocycles. The van der Waals surface area contributed by atoms with Crippen molar-refractivity contribution in [1.29, 1.82) is 0 Å². The van der Waals surface area contributed by atoms with Crippen molar-refractivity contribution in [3.63, 3.8) is 0 Å². The van der Waals surface area contributed by atoms with Gasteiger partial charge in [-0.25, -0.2) is 0 Å². The summed E-state index contributed by atoms with van der Waals surface area (Å²) >= 11 is 1.14. The van der Waals surface area contributed by atoms with Gasteiger partial charge in [-0.3, -0.25) is 9.59 Å². The topological polar surface area (TPSA) is 83.4 Å². The fraction of sp³-hybridized carbons (Fsp3) is 0.667. The molecular weight excluding hydrogens is 266 g/mol. The van der Waals surface area contributed by atoms with Crippen molar-refractivity contribution in [1.82, 2.24) is 14.5 Å². The molecule has 1 unspecified atom stereocenters. The maximum atomic E-state index is 12.3. The number of hydrogen-bond donors (Lipinski definition) is 1. The summed E-state index contributed by atoms with van der Waals surface area (Å²) in [5.41, 5.74) is 0.754. The highest BCUT2D eigenvalue weighted by molar-refractivity contribution is 7.08. The van der Waals surface area contributed by atoms with Crippen LogP contribution in [0.3, 0.4) is 0 Å². The Bertz CT molecular complexity index is 475. The van der Waals surface area contributed by atoms with Crippen LogP contribution in [0.5, 0.6) is 0 Å². The highest BCUT2D eigenvalue weighted by atomic mass is 32.1. The summed E-state index contributed by atoms with van der Waals surface area (Å²) in [5.74, 6) is -0.486. The number of carbonyl (C=O) groups is 2. The first-order valence-corrected chi connectivity index (χ1v) is 7.21. The van der Waals surface area contributed by atoms with Gasteiger partial charge in [0.25, 0.3) is 5.91 Å². The Morgan fingerprint density at radius 1 is 1.53 bits per heavy atom. The van der Waals surface area contributed by atoms with Crippen LogP contribution < -0.4 is 0 Å². The third-order valence-electron chi connectivity index (χ3n) is 3.42. The van der Waals surface area contributed by atoms with Gasteiger partial charge in [0.05, 0.1) is 5.69 Å². The molecule has 1 amide bonds. The second-order valence-electron chi connectivity index (χ2n) is 4.74. The summed E-state index contributed by atoms with van der Waals surface area (Å²) in [5, 5.41) is 12.6. The minimum absolute atomic E-state index is 0.00956. The molecule has 1 atom stereocenters. The maximum Gasteiger partial charge on any atom is 0.303 e. The molecule has 19 heavy (non-hydrogen) atoms. The third-order valence-corrected chi connectivity index (χ3v) is 4.18. The fourth-order valence-corrected chi connectivity index (χ4v) is 3.05. The number of aryl methyl sites for hydroxylation is 1. The van der Waals surface area contributed by atoms with E-state index in [0.717, 1.165) is 23.6 Å². The fourth-order valence-electron chi connectivity index (χ4n) is 2.33. The van der Waals surface area contributed by atoms with E-state index in [2.05, 4.69) is 9.59 Å². The van der Waals surface area contributed by atoms with Gasteiger partial charge in [-0.2, -0.15) is 0 Å². The molecule has 0 spiro atoms. The number of carboxylic acid groups (broad SMARTS) is 1. The van der Waals surface area contributed by atoms with Crippen molar-refractivity contribution in [3.05, 3.63) is 10.6 Å². The van der Waals surface area contributed by atoms with Gasteiger partial charge in [-0.1, -0.05) is 11.4 Å². The molecule has 104 valence electrons. The van der Waals surface area contributed by atoms with Crippen LogP contribution in [0, 0.1) is 5.92 Å². The van der Waals surface area contributed by atoms with Crippen molar-refractivity contribution in [2.24, 2.45) is 5.92 Å². The molecule has 1 N–H and O–H groups in total. The van der Waals surface area contributed by atoms with Crippen LogP contribution in [0.25, 0.3) is 0 Å². The lowest BCUT2D eigenvalue weighted by molar-refractivity contribution is -0.137. The van der Waals surface area contributed by atoms with Crippen LogP contribution in [0.2, 0.25) is 0 Å². The van der Waals surface area contributed by atoms with Crippen LogP contribution in [0.4, 0.5) is 0 Å². The van der Waals surface area contributed by atoms with Crippen molar-refractivity contribution >= 4 is 23.4 Å². The molecule has 2 rings (SSSR count). The zero-order valence-corrected chi connectivity index (χ0v) is 11.7. The van der Waals surface area contributed by atoms with Crippen LogP contribution >= 0.6 is 11.5 Å². The normalized spacial score (nSPS) is 18.8. The number of carbonyl (C=O) groups excluding carboxylic acids is 1. The van der Waals surface area contributed by atoms with Gasteiger partial charge in [0.15, 0.2) is 0 Å². The molecule has 1 fully saturated rings. The van der Waals surface area contributed by atoms with Crippen LogP contribution in [-0.2, 0) is 11.2 Å². The average Bonchev–Trinajstić information content (AvgIpc) is 3.04. The second kappa shape index (κ2) is 6.10. The number of likely N-dealkylation sites (tertiary alicyclic amines) is 1. The van der Waals surface area contributed by atoms with Crippen molar-refractivity contribution in [3.8, 4) is 0 Å². The molecule has 0 saturated carbocycles. The largest absolute Gasteiger partial charge is 0.481 e. The molecule has 1 aliphatic rings. The van der Waals surface area contributed by atoms with Crippen molar-refractivity contribution in [2.45, 2.75) is 32.6 Å². The molecular formula is C12H17N3O3S. The van der Waals surface area contributed by atoms with Crippen LogP contribution in [0.15, 0.2) is 0 Å². The predicted molar refractivity (Wildman–Crippen MR) is 70.2 cm³/mol. The van der Waals surface area contributed by atoms with E-state index in [1.54, 1.807) is 4.90 Å². The minimum atomic E-state index is -0.773. The minimum Gasteiger partial charge on any atom is -0.481 e. The van der Waals surface area contributed by atoms with Gasteiger partial charge in [-0.05, 0) is 36.7 Å².